The molecule has 1 saturated heterocycles. The fourth-order valence-corrected chi connectivity index (χ4v) is 3.99. The summed E-state index contributed by atoms with van der Waals surface area (Å²) in [5.74, 6) is -1.20. The van der Waals surface area contributed by atoms with Gasteiger partial charge in [0.05, 0.1) is 18.4 Å². The van der Waals surface area contributed by atoms with Gasteiger partial charge in [-0.3, -0.25) is 14.9 Å². The predicted molar refractivity (Wildman–Crippen MR) is 137 cm³/mol. The number of hydrogen-bond donors (Lipinski definition) is 1. The molecule has 5 rings (SSSR count). The van der Waals surface area contributed by atoms with Crippen LogP contribution in [0.5, 0.6) is 11.5 Å². The van der Waals surface area contributed by atoms with Crippen LogP contribution >= 0.6 is 0 Å². The maximum Gasteiger partial charge on any atom is 0.344 e. The van der Waals surface area contributed by atoms with Gasteiger partial charge in [-0.25, -0.2) is 14.5 Å². The lowest BCUT2D eigenvalue weighted by Crippen LogP contribution is -2.54. The molecule has 0 aliphatic carbocycles. The van der Waals surface area contributed by atoms with Crippen LogP contribution in [0.3, 0.4) is 0 Å². The maximum absolute atomic E-state index is 13.1. The Morgan fingerprint density at radius 3 is 2.22 bits per heavy atom. The van der Waals surface area contributed by atoms with E-state index in [0.29, 0.717) is 22.6 Å². The summed E-state index contributed by atoms with van der Waals surface area (Å²) in [7, 11) is 1.50. The Morgan fingerprint density at radius 2 is 1.49 bits per heavy atom. The Hall–Kier alpha value is -5.24. The van der Waals surface area contributed by atoms with Crippen LogP contribution in [0, 0.1) is 0 Å². The molecule has 0 atom stereocenters. The van der Waals surface area contributed by atoms with Crippen molar-refractivity contribution in [2.75, 3.05) is 12.0 Å². The van der Waals surface area contributed by atoms with E-state index in [-0.39, 0.29) is 11.3 Å². The summed E-state index contributed by atoms with van der Waals surface area (Å²) in [6, 6.07) is 24.7. The van der Waals surface area contributed by atoms with Crippen molar-refractivity contribution in [1.82, 2.24) is 5.32 Å². The molecule has 1 aliphatic heterocycles. The van der Waals surface area contributed by atoms with Crippen molar-refractivity contribution >= 4 is 46.4 Å². The number of fused-ring (bicyclic) bond motifs is 1. The molecule has 8 heteroatoms. The number of rotatable bonds is 5. The molecule has 1 aliphatic rings. The smallest absolute Gasteiger partial charge is 0.344 e. The first kappa shape index (κ1) is 23.5. The molecule has 1 N–H and O–H groups in total. The molecular formula is C29H20N2O6. The number of esters is 1. The Labute approximate surface area is 211 Å². The Balaban J connectivity index is 1.36. The minimum Gasteiger partial charge on any atom is -0.497 e. The van der Waals surface area contributed by atoms with Gasteiger partial charge in [0.15, 0.2) is 0 Å². The molecular weight excluding hydrogens is 472 g/mol. The van der Waals surface area contributed by atoms with E-state index in [1.807, 2.05) is 30.3 Å². The van der Waals surface area contributed by atoms with Crippen molar-refractivity contribution in [2.24, 2.45) is 0 Å². The van der Waals surface area contributed by atoms with E-state index in [0.717, 1.165) is 15.7 Å². The van der Waals surface area contributed by atoms with E-state index in [2.05, 4.69) is 5.32 Å². The van der Waals surface area contributed by atoms with E-state index < -0.39 is 23.8 Å². The molecule has 8 nitrogen and oxygen atoms in total. The number of amides is 4. The number of carbonyl (C=O) groups is 4. The van der Waals surface area contributed by atoms with Gasteiger partial charge in [-0.05, 0) is 64.9 Å². The number of carbonyl (C=O) groups excluding carboxylic acids is 4. The molecule has 4 aromatic carbocycles. The van der Waals surface area contributed by atoms with Gasteiger partial charge in [0.1, 0.15) is 17.1 Å². The molecule has 37 heavy (non-hydrogen) atoms. The molecule has 1 fully saturated rings. The number of hydrogen-bond acceptors (Lipinski definition) is 6. The zero-order valence-electron chi connectivity index (χ0n) is 19.6. The van der Waals surface area contributed by atoms with Crippen LogP contribution < -0.4 is 19.7 Å². The molecule has 0 spiro atoms. The number of imide groups is 2. The number of nitrogens with zero attached hydrogens (tertiary/aromatic N) is 1. The first-order valence-corrected chi connectivity index (χ1v) is 11.3. The lowest BCUT2D eigenvalue weighted by Gasteiger charge is -2.26. The number of anilines is 1. The average Bonchev–Trinajstić information content (AvgIpc) is 2.92. The molecule has 0 radical (unpaired) electrons. The van der Waals surface area contributed by atoms with Crippen molar-refractivity contribution in [2.45, 2.75) is 0 Å². The molecule has 0 saturated carbocycles. The van der Waals surface area contributed by atoms with E-state index >= 15 is 0 Å². The van der Waals surface area contributed by atoms with Crippen LogP contribution in [0.2, 0.25) is 0 Å². The van der Waals surface area contributed by atoms with Crippen molar-refractivity contribution in [1.29, 1.82) is 0 Å². The second-order valence-corrected chi connectivity index (χ2v) is 8.14. The summed E-state index contributed by atoms with van der Waals surface area (Å²) < 4.78 is 10.6. The van der Waals surface area contributed by atoms with Gasteiger partial charge >= 0.3 is 12.0 Å². The maximum atomic E-state index is 13.1. The normalized spacial score (nSPS) is 14.6. The number of barbiturate groups is 1. The van der Waals surface area contributed by atoms with Crippen LogP contribution in [0.25, 0.3) is 16.8 Å². The summed E-state index contributed by atoms with van der Waals surface area (Å²) in [4.78, 5) is 51.5. The Morgan fingerprint density at radius 1 is 0.811 bits per heavy atom. The summed E-state index contributed by atoms with van der Waals surface area (Å²) in [5.41, 5.74) is 1.03. The fourth-order valence-electron chi connectivity index (χ4n) is 3.99. The minimum absolute atomic E-state index is 0.212. The van der Waals surface area contributed by atoms with Crippen LogP contribution in [-0.2, 0) is 9.59 Å². The number of benzene rings is 4. The first-order valence-electron chi connectivity index (χ1n) is 11.3. The summed E-state index contributed by atoms with van der Waals surface area (Å²) in [6.45, 7) is 0. The molecule has 0 unspecified atom stereocenters. The highest BCUT2D eigenvalue weighted by molar-refractivity contribution is 6.39. The van der Waals surface area contributed by atoms with Gasteiger partial charge in [0.2, 0.25) is 0 Å². The third-order valence-corrected chi connectivity index (χ3v) is 5.84. The van der Waals surface area contributed by atoms with Gasteiger partial charge in [-0.15, -0.1) is 0 Å². The van der Waals surface area contributed by atoms with E-state index in [9.17, 15) is 19.2 Å². The molecule has 4 aromatic rings. The first-order chi connectivity index (χ1) is 17.9. The Kier molecular flexibility index (Phi) is 6.22. The highest BCUT2D eigenvalue weighted by atomic mass is 16.5. The quantitative estimate of drug-likeness (QED) is 0.187. The van der Waals surface area contributed by atoms with E-state index in [1.165, 1.54) is 13.2 Å². The van der Waals surface area contributed by atoms with Crippen LogP contribution in [0.1, 0.15) is 15.9 Å². The van der Waals surface area contributed by atoms with Gasteiger partial charge in [-0.2, -0.15) is 0 Å². The zero-order chi connectivity index (χ0) is 25.9. The van der Waals surface area contributed by atoms with Crippen LogP contribution in [0.4, 0.5) is 10.5 Å². The fraction of sp³-hybridized carbons (Fsp3) is 0.0345. The minimum atomic E-state index is -0.840. The number of methoxy groups -OCH3 is 1. The monoisotopic (exact) mass is 492 g/mol. The highest BCUT2D eigenvalue weighted by Crippen LogP contribution is 2.25. The number of nitrogens with one attached hydrogen (secondary N) is 1. The molecule has 0 aromatic heterocycles. The summed E-state index contributed by atoms with van der Waals surface area (Å²) >= 11 is 0. The molecule has 1 heterocycles. The summed E-state index contributed by atoms with van der Waals surface area (Å²) in [5, 5.41) is 3.90. The molecule has 0 bridgehead atoms. The molecule has 182 valence electrons. The van der Waals surface area contributed by atoms with Crippen molar-refractivity contribution in [3.63, 3.8) is 0 Å². The van der Waals surface area contributed by atoms with Gasteiger partial charge in [0, 0.05) is 0 Å². The van der Waals surface area contributed by atoms with Gasteiger partial charge < -0.3 is 9.47 Å². The predicted octanol–water partition coefficient (Wildman–Crippen LogP) is 4.73. The molecule has 4 amide bonds. The SMILES string of the molecule is COc1ccc(N2C(=O)NC(=O)/C(=C\c3ccc(OC(=O)c4cccc5ccccc45)cc3)C2=O)cc1. The number of urea groups is 1. The van der Waals surface area contributed by atoms with Crippen molar-refractivity contribution < 1.29 is 28.7 Å². The topological polar surface area (TPSA) is 102 Å². The van der Waals surface area contributed by atoms with Crippen LogP contribution in [0.15, 0.2) is 96.6 Å². The van der Waals surface area contributed by atoms with Gasteiger partial charge in [0.25, 0.3) is 11.8 Å². The average molecular weight is 492 g/mol. The lowest BCUT2D eigenvalue weighted by molar-refractivity contribution is -0.122. The second kappa shape index (κ2) is 9.79. The highest BCUT2D eigenvalue weighted by Gasteiger charge is 2.36. The largest absolute Gasteiger partial charge is 0.497 e. The van der Waals surface area contributed by atoms with Crippen LogP contribution in [-0.4, -0.2) is 30.9 Å². The number of ether oxygens (including phenoxy) is 2. The lowest BCUT2D eigenvalue weighted by atomic mass is 10.0. The third-order valence-electron chi connectivity index (χ3n) is 5.84. The zero-order valence-corrected chi connectivity index (χ0v) is 19.6. The standard InChI is InChI=1S/C29H20N2O6/c1-36-21-15-11-20(12-16-21)31-27(33)25(26(32)30-29(31)35)17-18-9-13-22(14-10-18)37-28(34)24-8-4-6-19-5-2-3-7-23(19)24/h2-17H,1H3,(H,30,32,35)/b25-17+. The van der Waals surface area contributed by atoms with Gasteiger partial charge in [-0.1, -0.05) is 48.5 Å². The summed E-state index contributed by atoms with van der Waals surface area (Å²) in [6.07, 6.45) is 1.37. The van der Waals surface area contributed by atoms with Crippen molar-refractivity contribution in [3.05, 3.63) is 108 Å². The van der Waals surface area contributed by atoms with E-state index in [4.69, 9.17) is 9.47 Å². The van der Waals surface area contributed by atoms with Crippen molar-refractivity contribution in [3.8, 4) is 11.5 Å². The Bertz CT molecular complexity index is 1570. The third kappa shape index (κ3) is 4.68. The second-order valence-electron chi connectivity index (χ2n) is 8.14. The van der Waals surface area contributed by atoms with E-state index in [1.54, 1.807) is 60.7 Å².